The molecule has 116 valence electrons. The third-order valence-corrected chi connectivity index (χ3v) is 3.30. The summed E-state index contributed by atoms with van der Waals surface area (Å²) in [6, 6.07) is 10.7. The molecule has 1 aromatic heterocycles. The molecule has 0 fully saturated rings. The molecule has 0 unspecified atom stereocenters. The molecule has 0 saturated carbocycles. The Morgan fingerprint density at radius 2 is 2.05 bits per heavy atom. The van der Waals surface area contributed by atoms with Crippen molar-refractivity contribution >= 4 is 29.0 Å². The number of rotatable bonds is 7. The highest BCUT2D eigenvalue weighted by Gasteiger charge is 2.07. The summed E-state index contributed by atoms with van der Waals surface area (Å²) < 4.78 is 0. The lowest BCUT2D eigenvalue weighted by atomic mass is 10.2. The zero-order valence-corrected chi connectivity index (χ0v) is 13.2. The van der Waals surface area contributed by atoms with Crippen LogP contribution in [-0.2, 0) is 0 Å². The van der Waals surface area contributed by atoms with Gasteiger partial charge >= 0.3 is 0 Å². The monoisotopic (exact) mass is 318 g/mol. The maximum atomic E-state index is 11.9. The fourth-order valence-electron chi connectivity index (χ4n) is 1.90. The van der Waals surface area contributed by atoms with Crippen LogP contribution in [0.2, 0.25) is 5.02 Å². The maximum absolute atomic E-state index is 11.9. The first-order valence-electron chi connectivity index (χ1n) is 7.33. The first-order valence-corrected chi connectivity index (χ1v) is 7.71. The van der Waals surface area contributed by atoms with Gasteiger partial charge in [0.15, 0.2) is 11.5 Å². The van der Waals surface area contributed by atoms with Crippen molar-refractivity contribution in [1.29, 1.82) is 0 Å². The van der Waals surface area contributed by atoms with Gasteiger partial charge in [0.25, 0.3) is 5.91 Å². The first-order chi connectivity index (χ1) is 10.7. The van der Waals surface area contributed by atoms with E-state index in [2.05, 4.69) is 27.8 Å². The molecule has 0 aliphatic carbocycles. The molecule has 22 heavy (non-hydrogen) atoms. The highest BCUT2D eigenvalue weighted by atomic mass is 35.5. The summed E-state index contributed by atoms with van der Waals surface area (Å²) >= 11 is 5.92. The number of nitrogens with one attached hydrogen (secondary N) is 2. The van der Waals surface area contributed by atoms with Gasteiger partial charge in [-0.05, 0) is 36.8 Å². The number of aromatic nitrogens is 2. The van der Waals surface area contributed by atoms with Crippen LogP contribution in [0.25, 0.3) is 0 Å². The largest absolute Gasteiger partial charge is 0.351 e. The second-order valence-electron chi connectivity index (χ2n) is 4.90. The van der Waals surface area contributed by atoms with Gasteiger partial charge in [-0.3, -0.25) is 4.79 Å². The van der Waals surface area contributed by atoms with Gasteiger partial charge in [0.1, 0.15) is 0 Å². The van der Waals surface area contributed by atoms with Crippen molar-refractivity contribution in [3.8, 4) is 0 Å². The molecule has 0 aliphatic rings. The van der Waals surface area contributed by atoms with Crippen molar-refractivity contribution in [2.45, 2.75) is 26.2 Å². The number of amides is 1. The number of benzene rings is 1. The predicted octanol–water partition coefficient (Wildman–Crippen LogP) is 3.79. The number of carbonyl (C=O) groups excluding carboxylic acids is 1. The zero-order valence-electron chi connectivity index (χ0n) is 12.5. The third-order valence-electron chi connectivity index (χ3n) is 3.06. The minimum Gasteiger partial charge on any atom is -0.351 e. The number of halogens is 1. The SMILES string of the molecule is CCCCCNC(=O)c1ccc(Nc2cccc(Cl)c2)nn1. The molecule has 0 spiro atoms. The molecule has 0 atom stereocenters. The Morgan fingerprint density at radius 3 is 2.73 bits per heavy atom. The Bertz CT molecular complexity index is 616. The number of hydrogen-bond acceptors (Lipinski definition) is 4. The van der Waals surface area contributed by atoms with Crippen molar-refractivity contribution in [2.24, 2.45) is 0 Å². The Morgan fingerprint density at radius 1 is 1.18 bits per heavy atom. The Labute approximate surface area is 135 Å². The summed E-state index contributed by atoms with van der Waals surface area (Å²) in [5, 5.41) is 14.5. The lowest BCUT2D eigenvalue weighted by Gasteiger charge is -2.06. The Hall–Kier alpha value is -2.14. The predicted molar refractivity (Wildman–Crippen MR) is 88.6 cm³/mol. The Balaban J connectivity index is 1.91. The van der Waals surface area contributed by atoms with E-state index in [1.807, 2.05) is 12.1 Å². The van der Waals surface area contributed by atoms with Crippen molar-refractivity contribution < 1.29 is 4.79 Å². The van der Waals surface area contributed by atoms with Crippen LogP contribution >= 0.6 is 11.6 Å². The van der Waals surface area contributed by atoms with E-state index in [1.54, 1.807) is 24.3 Å². The van der Waals surface area contributed by atoms with Crippen molar-refractivity contribution in [2.75, 3.05) is 11.9 Å². The molecule has 5 nitrogen and oxygen atoms in total. The molecule has 6 heteroatoms. The van der Waals surface area contributed by atoms with Crippen LogP contribution in [0.5, 0.6) is 0 Å². The molecule has 0 aliphatic heterocycles. The van der Waals surface area contributed by atoms with Gasteiger partial charge in [0, 0.05) is 17.3 Å². The number of hydrogen-bond donors (Lipinski definition) is 2. The molecule has 1 amide bonds. The molecule has 2 rings (SSSR count). The van der Waals surface area contributed by atoms with E-state index >= 15 is 0 Å². The van der Waals surface area contributed by atoms with Crippen LogP contribution in [0.1, 0.15) is 36.7 Å². The maximum Gasteiger partial charge on any atom is 0.271 e. The fraction of sp³-hybridized carbons (Fsp3) is 0.312. The van der Waals surface area contributed by atoms with Gasteiger partial charge in [-0.25, -0.2) is 0 Å². The molecule has 0 saturated heterocycles. The van der Waals surface area contributed by atoms with Crippen LogP contribution in [0.15, 0.2) is 36.4 Å². The summed E-state index contributed by atoms with van der Waals surface area (Å²) in [5.74, 6) is 0.364. The quantitative estimate of drug-likeness (QED) is 0.762. The van der Waals surface area contributed by atoms with Crippen LogP contribution in [0.3, 0.4) is 0 Å². The standard InChI is InChI=1S/C16H19ClN4O/c1-2-3-4-10-18-16(22)14-8-9-15(21-20-14)19-13-7-5-6-12(17)11-13/h5-9,11H,2-4,10H2,1H3,(H,18,22)(H,19,21). The number of anilines is 2. The van der Waals surface area contributed by atoms with Crippen molar-refractivity contribution in [3.63, 3.8) is 0 Å². The summed E-state index contributed by atoms with van der Waals surface area (Å²) in [5.41, 5.74) is 1.13. The van der Waals surface area contributed by atoms with Gasteiger partial charge in [-0.2, -0.15) is 0 Å². The lowest BCUT2D eigenvalue weighted by Crippen LogP contribution is -2.25. The number of nitrogens with zero attached hydrogens (tertiary/aromatic N) is 2. The van der Waals surface area contributed by atoms with Crippen LogP contribution in [-0.4, -0.2) is 22.6 Å². The lowest BCUT2D eigenvalue weighted by molar-refractivity contribution is 0.0947. The van der Waals surface area contributed by atoms with E-state index in [9.17, 15) is 4.79 Å². The molecular weight excluding hydrogens is 300 g/mol. The molecule has 1 aromatic carbocycles. The van der Waals surface area contributed by atoms with Gasteiger partial charge in [-0.15, -0.1) is 10.2 Å². The van der Waals surface area contributed by atoms with E-state index in [1.165, 1.54) is 0 Å². The molecule has 0 bridgehead atoms. The number of carbonyl (C=O) groups is 1. The van der Waals surface area contributed by atoms with Gasteiger partial charge in [0.2, 0.25) is 0 Å². The first kappa shape index (κ1) is 16.2. The second-order valence-corrected chi connectivity index (χ2v) is 5.34. The van der Waals surface area contributed by atoms with Gasteiger partial charge in [-0.1, -0.05) is 37.4 Å². The summed E-state index contributed by atoms with van der Waals surface area (Å²) in [4.78, 5) is 11.9. The van der Waals surface area contributed by atoms with Gasteiger partial charge < -0.3 is 10.6 Å². The molecular formula is C16H19ClN4O. The highest BCUT2D eigenvalue weighted by molar-refractivity contribution is 6.30. The fourth-order valence-corrected chi connectivity index (χ4v) is 2.09. The third kappa shape index (κ3) is 5.00. The van der Waals surface area contributed by atoms with E-state index in [0.29, 0.717) is 23.1 Å². The molecule has 0 radical (unpaired) electrons. The van der Waals surface area contributed by atoms with E-state index < -0.39 is 0 Å². The summed E-state index contributed by atoms with van der Waals surface area (Å²) in [6.07, 6.45) is 3.21. The molecule has 2 aromatic rings. The normalized spacial score (nSPS) is 10.3. The second kappa shape index (κ2) is 8.34. The average Bonchev–Trinajstić information content (AvgIpc) is 2.52. The summed E-state index contributed by atoms with van der Waals surface area (Å²) in [6.45, 7) is 2.79. The Kier molecular flexibility index (Phi) is 6.15. The average molecular weight is 319 g/mol. The van der Waals surface area contributed by atoms with Crippen LogP contribution < -0.4 is 10.6 Å². The van der Waals surface area contributed by atoms with E-state index in [0.717, 1.165) is 24.9 Å². The van der Waals surface area contributed by atoms with E-state index in [4.69, 9.17) is 11.6 Å². The summed E-state index contributed by atoms with van der Waals surface area (Å²) in [7, 11) is 0. The van der Waals surface area contributed by atoms with Gasteiger partial charge in [0.05, 0.1) is 0 Å². The number of unbranched alkanes of at least 4 members (excludes halogenated alkanes) is 2. The van der Waals surface area contributed by atoms with E-state index in [-0.39, 0.29) is 5.91 Å². The zero-order chi connectivity index (χ0) is 15.8. The minimum atomic E-state index is -0.196. The van der Waals surface area contributed by atoms with Crippen LogP contribution in [0.4, 0.5) is 11.5 Å². The van der Waals surface area contributed by atoms with Crippen molar-refractivity contribution in [1.82, 2.24) is 15.5 Å². The topological polar surface area (TPSA) is 66.9 Å². The van der Waals surface area contributed by atoms with Crippen LogP contribution in [0, 0.1) is 0 Å². The van der Waals surface area contributed by atoms with Crippen molar-refractivity contribution in [3.05, 3.63) is 47.1 Å². The molecule has 2 N–H and O–H groups in total. The smallest absolute Gasteiger partial charge is 0.271 e. The highest BCUT2D eigenvalue weighted by Crippen LogP contribution is 2.18. The molecule has 1 heterocycles. The minimum absolute atomic E-state index is 0.196.